The van der Waals surface area contributed by atoms with Crippen LogP contribution in [0.15, 0.2) is 73.2 Å². The Morgan fingerprint density at radius 1 is 1.00 bits per heavy atom. The maximum Gasteiger partial charge on any atom is 0.251 e. The number of ether oxygens (including phenoxy) is 1. The zero-order chi connectivity index (χ0) is 21.2. The number of pyridine rings is 2. The molecule has 0 bridgehead atoms. The average molecular weight is 412 g/mol. The number of aromatic nitrogens is 5. The third-order valence-electron chi connectivity index (χ3n) is 4.94. The third-order valence-corrected chi connectivity index (χ3v) is 4.94. The summed E-state index contributed by atoms with van der Waals surface area (Å²) in [5, 5.41) is 11.1. The van der Waals surface area contributed by atoms with Gasteiger partial charge in [-0.1, -0.05) is 12.1 Å². The highest BCUT2D eigenvalue weighted by Crippen LogP contribution is 2.15. The van der Waals surface area contributed by atoms with Gasteiger partial charge in [-0.3, -0.25) is 9.20 Å². The van der Waals surface area contributed by atoms with Crippen LogP contribution < -0.4 is 10.1 Å². The Kier molecular flexibility index (Phi) is 4.80. The highest BCUT2D eigenvalue weighted by atomic mass is 16.5. The summed E-state index contributed by atoms with van der Waals surface area (Å²) >= 11 is 0. The molecule has 0 aliphatic rings. The first-order chi connectivity index (χ1) is 15.2. The van der Waals surface area contributed by atoms with Gasteiger partial charge >= 0.3 is 0 Å². The van der Waals surface area contributed by atoms with E-state index in [1.807, 2.05) is 64.6 Å². The molecule has 0 saturated heterocycles. The van der Waals surface area contributed by atoms with E-state index in [1.165, 1.54) is 5.56 Å². The van der Waals surface area contributed by atoms with Gasteiger partial charge in [-0.05, 0) is 55.0 Å². The summed E-state index contributed by atoms with van der Waals surface area (Å²) in [6.45, 7) is 2.68. The number of imidazole rings is 1. The summed E-state index contributed by atoms with van der Waals surface area (Å²) < 4.78 is 9.66. The zero-order valence-electron chi connectivity index (χ0n) is 16.9. The first kappa shape index (κ1) is 18.8. The van der Waals surface area contributed by atoms with Crippen LogP contribution in [0.1, 0.15) is 27.4 Å². The van der Waals surface area contributed by atoms with Crippen LogP contribution in [0.4, 0.5) is 0 Å². The van der Waals surface area contributed by atoms with Crippen molar-refractivity contribution in [3.63, 3.8) is 0 Å². The summed E-state index contributed by atoms with van der Waals surface area (Å²) in [6.07, 6.45) is 5.85. The fraction of sp³-hybridized carbons (Fsp3) is 0.130. The van der Waals surface area contributed by atoms with Crippen LogP contribution in [-0.4, -0.2) is 29.9 Å². The first-order valence-corrected chi connectivity index (χ1v) is 9.90. The molecule has 0 fully saturated rings. The van der Waals surface area contributed by atoms with Gasteiger partial charge in [-0.15, -0.1) is 10.2 Å². The summed E-state index contributed by atoms with van der Waals surface area (Å²) in [5.74, 6) is 1.16. The quantitative estimate of drug-likeness (QED) is 0.463. The van der Waals surface area contributed by atoms with Crippen molar-refractivity contribution in [1.82, 2.24) is 29.3 Å². The minimum absolute atomic E-state index is 0.185. The molecule has 4 heterocycles. The Morgan fingerprint density at radius 3 is 2.74 bits per heavy atom. The molecule has 1 aromatic carbocycles. The molecule has 0 unspecified atom stereocenters. The van der Waals surface area contributed by atoms with Crippen molar-refractivity contribution in [3.05, 3.63) is 95.8 Å². The van der Waals surface area contributed by atoms with Crippen molar-refractivity contribution in [2.45, 2.75) is 20.1 Å². The number of aryl methyl sites for hydroxylation is 1. The molecule has 5 aromatic rings. The third kappa shape index (κ3) is 3.95. The minimum Gasteiger partial charge on any atom is -0.487 e. The van der Waals surface area contributed by atoms with E-state index in [2.05, 4.69) is 20.5 Å². The number of nitrogens with zero attached hydrogens (tertiary/aromatic N) is 5. The lowest BCUT2D eigenvalue weighted by molar-refractivity contribution is 0.0949. The lowest BCUT2D eigenvalue weighted by atomic mass is 10.2. The van der Waals surface area contributed by atoms with Gasteiger partial charge in [0, 0.05) is 24.2 Å². The minimum atomic E-state index is -0.185. The molecule has 1 amide bonds. The summed E-state index contributed by atoms with van der Waals surface area (Å²) in [7, 11) is 0. The fourth-order valence-electron chi connectivity index (χ4n) is 3.36. The van der Waals surface area contributed by atoms with Crippen LogP contribution in [0.2, 0.25) is 0 Å². The van der Waals surface area contributed by atoms with E-state index in [0.29, 0.717) is 23.7 Å². The van der Waals surface area contributed by atoms with E-state index in [0.717, 1.165) is 17.0 Å². The van der Waals surface area contributed by atoms with Gasteiger partial charge in [-0.2, -0.15) is 0 Å². The van der Waals surface area contributed by atoms with Gasteiger partial charge < -0.3 is 14.5 Å². The van der Waals surface area contributed by atoms with E-state index < -0.39 is 0 Å². The number of fused-ring (bicyclic) bond motifs is 2. The van der Waals surface area contributed by atoms with E-state index in [-0.39, 0.29) is 12.5 Å². The Labute approximate surface area is 178 Å². The van der Waals surface area contributed by atoms with Gasteiger partial charge in [0.05, 0.1) is 12.2 Å². The van der Waals surface area contributed by atoms with Crippen LogP contribution in [0.5, 0.6) is 5.75 Å². The standard InChI is InChI=1S/C23H20N6O2/c1-16-5-10-20-25-18(14-28(20)13-16)15-31-19-8-6-17(7-9-19)23(30)24-12-22-27-26-21-4-2-3-11-29(21)22/h2-11,13-14H,12,15H2,1H3,(H,24,30). The second-order valence-corrected chi connectivity index (χ2v) is 7.24. The largest absolute Gasteiger partial charge is 0.487 e. The molecule has 31 heavy (non-hydrogen) atoms. The molecule has 0 aliphatic carbocycles. The number of nitrogens with one attached hydrogen (secondary N) is 1. The van der Waals surface area contributed by atoms with E-state index in [1.54, 1.807) is 24.3 Å². The van der Waals surface area contributed by atoms with Crippen molar-refractivity contribution >= 4 is 17.2 Å². The molecule has 0 spiro atoms. The van der Waals surface area contributed by atoms with Gasteiger partial charge in [0.2, 0.25) is 0 Å². The van der Waals surface area contributed by atoms with E-state index in [4.69, 9.17) is 4.74 Å². The smallest absolute Gasteiger partial charge is 0.251 e. The Morgan fingerprint density at radius 2 is 1.87 bits per heavy atom. The molecule has 1 N–H and O–H groups in total. The number of benzene rings is 1. The molecule has 8 nitrogen and oxygen atoms in total. The molecule has 0 saturated carbocycles. The Bertz CT molecular complexity index is 1370. The molecular weight excluding hydrogens is 392 g/mol. The number of amides is 1. The van der Waals surface area contributed by atoms with Crippen LogP contribution in [-0.2, 0) is 13.2 Å². The zero-order valence-corrected chi connectivity index (χ0v) is 16.9. The molecule has 8 heteroatoms. The van der Waals surface area contributed by atoms with Crippen LogP contribution in [0, 0.1) is 6.92 Å². The van der Waals surface area contributed by atoms with Crippen molar-refractivity contribution in [2.24, 2.45) is 0 Å². The highest BCUT2D eigenvalue weighted by Gasteiger charge is 2.09. The maximum atomic E-state index is 12.5. The van der Waals surface area contributed by atoms with Crippen LogP contribution >= 0.6 is 0 Å². The molecule has 154 valence electrons. The molecule has 0 radical (unpaired) electrons. The molecule has 0 atom stereocenters. The van der Waals surface area contributed by atoms with Crippen molar-refractivity contribution < 1.29 is 9.53 Å². The maximum absolute atomic E-state index is 12.5. The monoisotopic (exact) mass is 412 g/mol. The van der Waals surface area contributed by atoms with E-state index in [9.17, 15) is 4.79 Å². The number of rotatable bonds is 6. The predicted octanol–water partition coefficient (Wildman–Crippen LogP) is 3.19. The van der Waals surface area contributed by atoms with Crippen LogP contribution in [0.25, 0.3) is 11.3 Å². The van der Waals surface area contributed by atoms with Crippen LogP contribution in [0.3, 0.4) is 0 Å². The van der Waals surface area contributed by atoms with Crippen molar-refractivity contribution in [3.8, 4) is 5.75 Å². The molecule has 5 rings (SSSR count). The van der Waals surface area contributed by atoms with Crippen molar-refractivity contribution in [1.29, 1.82) is 0 Å². The van der Waals surface area contributed by atoms with Crippen molar-refractivity contribution in [2.75, 3.05) is 0 Å². The van der Waals surface area contributed by atoms with Gasteiger partial charge in [0.15, 0.2) is 11.5 Å². The summed E-state index contributed by atoms with van der Waals surface area (Å²) in [4.78, 5) is 17.0. The highest BCUT2D eigenvalue weighted by molar-refractivity contribution is 5.94. The number of carbonyl (C=O) groups is 1. The van der Waals surface area contributed by atoms with Gasteiger partial charge in [0.1, 0.15) is 18.0 Å². The number of carbonyl (C=O) groups excluding carboxylic acids is 1. The molecule has 4 aromatic heterocycles. The SMILES string of the molecule is Cc1ccc2nc(COc3ccc(C(=O)NCc4nnc5ccccn45)cc3)cn2c1. The van der Waals surface area contributed by atoms with E-state index >= 15 is 0 Å². The average Bonchev–Trinajstić information content (AvgIpc) is 3.39. The summed E-state index contributed by atoms with van der Waals surface area (Å²) in [5.41, 5.74) is 4.19. The fourth-order valence-corrected chi connectivity index (χ4v) is 3.36. The molecule has 0 aliphatic heterocycles. The second-order valence-electron chi connectivity index (χ2n) is 7.24. The Balaban J connectivity index is 1.19. The Hall–Kier alpha value is -4.20. The lowest BCUT2D eigenvalue weighted by Crippen LogP contribution is -2.23. The lowest BCUT2D eigenvalue weighted by Gasteiger charge is -2.07. The molecular formula is C23H20N6O2. The van der Waals surface area contributed by atoms with Gasteiger partial charge in [0.25, 0.3) is 5.91 Å². The normalized spacial score (nSPS) is 11.1. The summed E-state index contributed by atoms with van der Waals surface area (Å²) in [6, 6.07) is 16.7. The topological polar surface area (TPSA) is 85.8 Å². The number of hydrogen-bond acceptors (Lipinski definition) is 5. The predicted molar refractivity (Wildman–Crippen MR) is 115 cm³/mol. The van der Waals surface area contributed by atoms with Gasteiger partial charge in [-0.25, -0.2) is 4.98 Å². The second kappa shape index (κ2) is 7.91. The first-order valence-electron chi connectivity index (χ1n) is 9.90. The number of hydrogen-bond donors (Lipinski definition) is 1.